The van der Waals surface area contributed by atoms with Gasteiger partial charge >= 0.3 is 0 Å². The van der Waals surface area contributed by atoms with Gasteiger partial charge in [0, 0.05) is 44.4 Å². The minimum absolute atomic E-state index is 0. The molecule has 1 saturated heterocycles. The van der Waals surface area contributed by atoms with Gasteiger partial charge in [0.2, 0.25) is 5.91 Å². The van der Waals surface area contributed by atoms with E-state index in [1.807, 2.05) is 55.4 Å². The van der Waals surface area contributed by atoms with Crippen LogP contribution in [-0.4, -0.2) is 49.9 Å². The number of hydrogen-bond donors (Lipinski definition) is 2. The highest BCUT2D eigenvalue weighted by molar-refractivity contribution is 6.04. The van der Waals surface area contributed by atoms with Crippen molar-refractivity contribution in [3.8, 4) is 11.1 Å². The number of carbonyl (C=O) groups is 2. The summed E-state index contributed by atoms with van der Waals surface area (Å²) >= 11 is 0. The summed E-state index contributed by atoms with van der Waals surface area (Å²) in [5.74, 6) is -0.780. The van der Waals surface area contributed by atoms with Gasteiger partial charge in [-0.25, -0.2) is 4.39 Å². The first-order valence-electron chi connectivity index (χ1n) is 11.3. The predicted octanol–water partition coefficient (Wildman–Crippen LogP) is 5.09. The molecule has 34 heavy (non-hydrogen) atoms. The number of carbonyl (C=O) groups excluding carboxylic acids is 2. The monoisotopic (exact) mass is 462 g/mol. The van der Waals surface area contributed by atoms with E-state index < -0.39 is 0 Å². The molecule has 1 aliphatic rings. The first-order valence-corrected chi connectivity index (χ1v) is 11.3. The lowest BCUT2D eigenvalue weighted by atomic mass is 10.0. The number of hydrogen-bond acceptors (Lipinski definition) is 4. The SMILES string of the molecule is CC(=O)Nc1cccc(-c2ccc(C(=O)Nc3ccc(N4CCC(N(C)C)C4)c(F)c3)cc2)c1.[HH]. The number of amides is 2. The Kier molecular flexibility index (Phi) is 6.93. The zero-order chi connectivity index (χ0) is 24.2. The van der Waals surface area contributed by atoms with Gasteiger partial charge in [-0.2, -0.15) is 0 Å². The lowest BCUT2D eigenvalue weighted by Crippen LogP contribution is -2.31. The Hall–Kier alpha value is -3.71. The predicted molar refractivity (Wildman–Crippen MR) is 137 cm³/mol. The molecule has 2 amide bonds. The third kappa shape index (κ3) is 5.43. The summed E-state index contributed by atoms with van der Waals surface area (Å²) in [5, 5.41) is 5.55. The molecule has 0 aromatic heterocycles. The Morgan fingerprint density at radius 1 is 0.971 bits per heavy atom. The van der Waals surface area contributed by atoms with Gasteiger partial charge in [0.25, 0.3) is 5.91 Å². The van der Waals surface area contributed by atoms with Crippen LogP contribution in [0.4, 0.5) is 21.5 Å². The van der Waals surface area contributed by atoms with Crippen LogP contribution in [0.15, 0.2) is 66.7 Å². The molecule has 1 fully saturated rings. The summed E-state index contributed by atoms with van der Waals surface area (Å²) < 4.78 is 14.8. The summed E-state index contributed by atoms with van der Waals surface area (Å²) in [5.41, 5.74) is 4.01. The molecule has 0 aliphatic carbocycles. The third-order valence-corrected chi connectivity index (χ3v) is 6.10. The molecular weight excluding hydrogens is 431 g/mol. The van der Waals surface area contributed by atoms with Crippen LogP contribution in [0.3, 0.4) is 0 Å². The van der Waals surface area contributed by atoms with Crippen molar-refractivity contribution in [2.24, 2.45) is 0 Å². The van der Waals surface area contributed by atoms with Crippen LogP contribution >= 0.6 is 0 Å². The molecule has 1 aliphatic heterocycles. The topological polar surface area (TPSA) is 64.7 Å². The van der Waals surface area contributed by atoms with Crippen LogP contribution in [-0.2, 0) is 4.79 Å². The van der Waals surface area contributed by atoms with Crippen LogP contribution < -0.4 is 15.5 Å². The Bertz CT molecular complexity index is 1200. The molecule has 7 heteroatoms. The van der Waals surface area contributed by atoms with Gasteiger partial charge in [-0.15, -0.1) is 0 Å². The second-order valence-corrected chi connectivity index (χ2v) is 8.81. The molecule has 1 heterocycles. The average molecular weight is 463 g/mol. The summed E-state index contributed by atoms with van der Waals surface area (Å²) in [6.07, 6.45) is 0.998. The molecule has 1 unspecified atom stereocenters. The van der Waals surface area contributed by atoms with Crippen molar-refractivity contribution in [3.63, 3.8) is 0 Å². The van der Waals surface area contributed by atoms with E-state index in [9.17, 15) is 14.0 Å². The summed E-state index contributed by atoms with van der Waals surface area (Å²) in [4.78, 5) is 28.2. The lowest BCUT2D eigenvalue weighted by Gasteiger charge is -2.22. The van der Waals surface area contributed by atoms with Gasteiger partial charge in [-0.3, -0.25) is 9.59 Å². The van der Waals surface area contributed by atoms with Gasteiger partial charge in [0.05, 0.1) is 5.69 Å². The maximum absolute atomic E-state index is 14.8. The van der Waals surface area contributed by atoms with Crippen LogP contribution in [0.25, 0.3) is 11.1 Å². The molecule has 178 valence electrons. The normalized spacial score (nSPS) is 15.4. The number of halogens is 1. The second kappa shape index (κ2) is 10.1. The second-order valence-electron chi connectivity index (χ2n) is 8.81. The van der Waals surface area contributed by atoms with E-state index in [1.54, 1.807) is 24.3 Å². The van der Waals surface area contributed by atoms with Crippen molar-refractivity contribution in [3.05, 3.63) is 78.1 Å². The number of likely N-dealkylation sites (N-methyl/N-ethyl adjacent to an activating group) is 1. The Morgan fingerprint density at radius 2 is 1.71 bits per heavy atom. The van der Waals surface area contributed by atoms with Gasteiger partial charge in [0.15, 0.2) is 0 Å². The summed E-state index contributed by atoms with van der Waals surface area (Å²) in [6, 6.07) is 19.9. The zero-order valence-electron chi connectivity index (χ0n) is 19.6. The van der Waals surface area contributed by atoms with Crippen LogP contribution in [0.1, 0.15) is 25.1 Å². The van der Waals surface area contributed by atoms with Crippen molar-refractivity contribution in [1.82, 2.24) is 4.90 Å². The highest BCUT2D eigenvalue weighted by atomic mass is 19.1. The smallest absolute Gasteiger partial charge is 0.255 e. The Morgan fingerprint density at radius 3 is 2.35 bits per heavy atom. The maximum atomic E-state index is 14.8. The van der Waals surface area contributed by atoms with E-state index in [1.165, 1.54) is 13.0 Å². The van der Waals surface area contributed by atoms with E-state index in [0.29, 0.717) is 28.7 Å². The van der Waals surface area contributed by atoms with Crippen molar-refractivity contribution in [2.75, 3.05) is 42.7 Å². The minimum atomic E-state index is -0.341. The molecule has 1 atom stereocenters. The molecule has 6 nitrogen and oxygen atoms in total. The van der Waals surface area contributed by atoms with Gasteiger partial charge in [0.1, 0.15) is 5.82 Å². The maximum Gasteiger partial charge on any atom is 0.255 e. The standard InChI is InChI=1S/C27H29FN4O2.H2/c1-18(33)29-22-6-4-5-21(15-22)19-7-9-20(10-8-19)27(34)30-23-11-12-26(25(28)16-23)32-14-13-24(17-32)31(2)3;/h4-12,15-16,24H,13-14,17H2,1-3H3,(H,29,33)(H,30,34);1H. The lowest BCUT2D eigenvalue weighted by molar-refractivity contribution is -0.114. The van der Waals surface area contributed by atoms with Crippen molar-refractivity contribution >= 4 is 28.9 Å². The third-order valence-electron chi connectivity index (χ3n) is 6.10. The molecule has 0 radical (unpaired) electrons. The quantitative estimate of drug-likeness (QED) is 0.536. The molecule has 0 bridgehead atoms. The molecule has 3 aromatic carbocycles. The van der Waals surface area contributed by atoms with E-state index >= 15 is 0 Å². The molecule has 0 saturated carbocycles. The Labute approximate surface area is 200 Å². The fourth-order valence-corrected chi connectivity index (χ4v) is 4.22. The van der Waals surface area contributed by atoms with Crippen molar-refractivity contribution in [1.29, 1.82) is 0 Å². The molecule has 2 N–H and O–H groups in total. The van der Waals surface area contributed by atoms with Gasteiger partial charge in [-0.1, -0.05) is 24.3 Å². The number of benzene rings is 3. The average Bonchev–Trinajstić information content (AvgIpc) is 3.29. The van der Waals surface area contributed by atoms with E-state index in [2.05, 4.69) is 15.5 Å². The molecule has 3 aromatic rings. The van der Waals surface area contributed by atoms with E-state index in [-0.39, 0.29) is 19.1 Å². The van der Waals surface area contributed by atoms with Crippen molar-refractivity contribution in [2.45, 2.75) is 19.4 Å². The molecule has 4 rings (SSSR count). The number of nitrogens with zero attached hydrogens (tertiary/aromatic N) is 2. The van der Waals surface area contributed by atoms with Gasteiger partial charge in [-0.05, 0) is 74.1 Å². The Balaban J connectivity index is 0.00000342. The van der Waals surface area contributed by atoms with E-state index in [4.69, 9.17) is 0 Å². The van der Waals surface area contributed by atoms with Crippen molar-refractivity contribution < 1.29 is 15.4 Å². The molecular formula is C27H31FN4O2. The fraction of sp³-hybridized carbons (Fsp3) is 0.259. The summed E-state index contributed by atoms with van der Waals surface area (Å²) in [6.45, 7) is 3.06. The van der Waals surface area contributed by atoms with Gasteiger partial charge < -0.3 is 20.4 Å². The minimum Gasteiger partial charge on any atom is -0.368 e. The van der Waals surface area contributed by atoms with Crippen LogP contribution in [0.2, 0.25) is 0 Å². The number of rotatable bonds is 6. The van der Waals surface area contributed by atoms with Crippen LogP contribution in [0, 0.1) is 5.82 Å². The zero-order valence-corrected chi connectivity index (χ0v) is 19.6. The molecule has 0 spiro atoms. The van der Waals surface area contributed by atoms with Crippen LogP contribution in [0.5, 0.6) is 0 Å². The first kappa shape index (κ1) is 23.4. The van der Waals surface area contributed by atoms with E-state index in [0.717, 1.165) is 30.6 Å². The summed E-state index contributed by atoms with van der Waals surface area (Å²) in [7, 11) is 4.08. The largest absolute Gasteiger partial charge is 0.368 e. The number of nitrogens with one attached hydrogen (secondary N) is 2. The first-order chi connectivity index (χ1) is 16.3. The highest BCUT2D eigenvalue weighted by Crippen LogP contribution is 2.28. The number of anilines is 3. The fourth-order valence-electron chi connectivity index (χ4n) is 4.22. The highest BCUT2D eigenvalue weighted by Gasteiger charge is 2.25.